The van der Waals surface area contributed by atoms with Gasteiger partial charge >= 0.3 is 0 Å². The fourth-order valence-electron chi connectivity index (χ4n) is 4.52. The van der Waals surface area contributed by atoms with Gasteiger partial charge in [0, 0.05) is 31.6 Å². The number of rotatable bonds is 3. The minimum Gasteiger partial charge on any atom is -0.507 e. The van der Waals surface area contributed by atoms with E-state index in [1.165, 1.54) is 12.1 Å². The lowest BCUT2D eigenvalue weighted by atomic mass is 9.96. The molecule has 2 fully saturated rings. The number of benzene rings is 2. The predicted molar refractivity (Wildman–Crippen MR) is 119 cm³/mol. The number of piperidine rings is 1. The topological polar surface area (TPSA) is 78.8 Å². The Kier molecular flexibility index (Phi) is 5.61. The maximum atomic E-state index is 14.1. The third-order valence-electron chi connectivity index (χ3n) is 6.18. The van der Waals surface area contributed by atoms with Gasteiger partial charge in [0.25, 0.3) is 0 Å². The van der Waals surface area contributed by atoms with Crippen molar-refractivity contribution in [1.82, 2.24) is 14.9 Å². The number of aromatic hydroxyl groups is 1. The number of hydrogen-bond donors (Lipinski definition) is 1. The van der Waals surface area contributed by atoms with Crippen molar-refractivity contribution >= 4 is 22.6 Å². The summed E-state index contributed by atoms with van der Waals surface area (Å²) in [6.45, 7) is 3.61. The second-order valence-electron chi connectivity index (χ2n) is 8.27. The van der Waals surface area contributed by atoms with Crippen molar-refractivity contribution in [2.75, 3.05) is 44.3 Å². The maximum absolute atomic E-state index is 14.1. The van der Waals surface area contributed by atoms with Crippen LogP contribution in [0.1, 0.15) is 12.8 Å². The van der Waals surface area contributed by atoms with Gasteiger partial charge in [-0.25, -0.2) is 14.4 Å². The van der Waals surface area contributed by atoms with Crippen molar-refractivity contribution in [1.29, 1.82) is 0 Å². The van der Waals surface area contributed by atoms with E-state index in [1.54, 1.807) is 24.3 Å². The Labute approximate surface area is 185 Å². The molecule has 1 atom stereocenters. The number of anilines is 1. The molecule has 0 radical (unpaired) electrons. The lowest BCUT2D eigenvalue weighted by Gasteiger charge is -2.37. The van der Waals surface area contributed by atoms with Gasteiger partial charge in [-0.05, 0) is 43.2 Å². The first-order chi connectivity index (χ1) is 15.6. The van der Waals surface area contributed by atoms with Gasteiger partial charge < -0.3 is 19.6 Å². The van der Waals surface area contributed by atoms with Crippen LogP contribution in [0.5, 0.6) is 5.75 Å². The smallest absolute Gasteiger partial charge is 0.227 e. The summed E-state index contributed by atoms with van der Waals surface area (Å²) in [6, 6.07) is 11.3. The summed E-state index contributed by atoms with van der Waals surface area (Å²) in [5.74, 6) is 0.679. The molecule has 0 aliphatic carbocycles. The molecule has 2 aliphatic rings. The largest absolute Gasteiger partial charge is 0.507 e. The molecule has 1 aromatic heterocycles. The lowest BCUT2D eigenvalue weighted by Crippen LogP contribution is -2.48. The molecule has 0 spiro atoms. The van der Waals surface area contributed by atoms with Crippen LogP contribution >= 0.6 is 0 Å². The van der Waals surface area contributed by atoms with Gasteiger partial charge in [0.15, 0.2) is 5.82 Å². The van der Waals surface area contributed by atoms with E-state index in [9.17, 15) is 14.3 Å². The number of ether oxygens (including phenoxy) is 1. The molecule has 2 aliphatic heterocycles. The van der Waals surface area contributed by atoms with Crippen molar-refractivity contribution in [3.63, 3.8) is 0 Å². The number of para-hydroxylation sites is 1. The standard InChI is InChI=1S/C24H25FN4O3/c25-17-7-8-20-19(14-17)23(27-22(26-20)18-5-1-2-6-21(18)30)29-9-3-4-16(15-29)24(31)28-10-12-32-13-11-28/h1-2,5-8,14,16,30H,3-4,9-13,15H2. The van der Waals surface area contributed by atoms with Crippen LogP contribution in [0.2, 0.25) is 0 Å². The quantitative estimate of drug-likeness (QED) is 0.679. The summed E-state index contributed by atoms with van der Waals surface area (Å²) in [5, 5.41) is 10.9. The molecule has 166 valence electrons. The van der Waals surface area contributed by atoms with Crippen molar-refractivity contribution in [3.8, 4) is 17.1 Å². The maximum Gasteiger partial charge on any atom is 0.227 e. The summed E-state index contributed by atoms with van der Waals surface area (Å²) in [5.41, 5.74) is 1.11. The molecular weight excluding hydrogens is 411 g/mol. The summed E-state index contributed by atoms with van der Waals surface area (Å²) in [7, 11) is 0. The molecule has 3 heterocycles. The van der Waals surface area contributed by atoms with Gasteiger partial charge in [-0.15, -0.1) is 0 Å². The van der Waals surface area contributed by atoms with E-state index >= 15 is 0 Å². The number of phenolic OH excluding ortho intramolecular Hbond substituents is 1. The first-order valence-electron chi connectivity index (χ1n) is 11.0. The Morgan fingerprint density at radius 3 is 2.72 bits per heavy atom. The Balaban J connectivity index is 1.52. The van der Waals surface area contributed by atoms with Crippen molar-refractivity contribution < 1.29 is 19.0 Å². The van der Waals surface area contributed by atoms with Crippen LogP contribution in [0.4, 0.5) is 10.2 Å². The third kappa shape index (κ3) is 3.98. The molecule has 3 aromatic rings. The van der Waals surface area contributed by atoms with E-state index in [2.05, 4.69) is 9.88 Å². The number of morpholine rings is 1. The van der Waals surface area contributed by atoms with Crippen LogP contribution < -0.4 is 4.90 Å². The summed E-state index contributed by atoms with van der Waals surface area (Å²) in [6.07, 6.45) is 1.66. The highest BCUT2D eigenvalue weighted by Gasteiger charge is 2.31. The molecule has 1 N–H and O–H groups in total. The van der Waals surface area contributed by atoms with Crippen LogP contribution in [-0.2, 0) is 9.53 Å². The van der Waals surface area contributed by atoms with Crippen LogP contribution in [-0.4, -0.2) is 65.3 Å². The zero-order valence-corrected chi connectivity index (χ0v) is 17.7. The number of halogens is 1. The van der Waals surface area contributed by atoms with E-state index in [4.69, 9.17) is 9.72 Å². The van der Waals surface area contributed by atoms with Crippen LogP contribution in [0.25, 0.3) is 22.3 Å². The van der Waals surface area contributed by atoms with E-state index in [0.29, 0.717) is 61.0 Å². The minimum absolute atomic E-state index is 0.0823. The monoisotopic (exact) mass is 436 g/mol. The van der Waals surface area contributed by atoms with E-state index in [0.717, 1.165) is 19.4 Å². The highest BCUT2D eigenvalue weighted by atomic mass is 19.1. The van der Waals surface area contributed by atoms with Gasteiger partial charge in [-0.1, -0.05) is 12.1 Å². The average molecular weight is 436 g/mol. The molecule has 1 amide bonds. The SMILES string of the molecule is O=C(C1CCCN(c2nc(-c3ccccc3O)nc3ccc(F)cc23)C1)N1CCOCC1. The van der Waals surface area contributed by atoms with Gasteiger partial charge in [0.2, 0.25) is 5.91 Å². The molecule has 2 saturated heterocycles. The fraction of sp³-hybridized carbons (Fsp3) is 0.375. The van der Waals surface area contributed by atoms with Crippen LogP contribution in [0, 0.1) is 11.7 Å². The zero-order chi connectivity index (χ0) is 22.1. The molecule has 7 nitrogen and oxygen atoms in total. The van der Waals surface area contributed by atoms with Gasteiger partial charge in [-0.3, -0.25) is 4.79 Å². The number of hydrogen-bond acceptors (Lipinski definition) is 6. The number of carbonyl (C=O) groups is 1. The highest BCUT2D eigenvalue weighted by Crippen LogP contribution is 2.34. The second-order valence-corrected chi connectivity index (χ2v) is 8.27. The normalized spacial score (nSPS) is 19.3. The number of aromatic nitrogens is 2. The summed E-state index contributed by atoms with van der Waals surface area (Å²) < 4.78 is 19.5. The van der Waals surface area contributed by atoms with Crippen LogP contribution in [0.3, 0.4) is 0 Å². The fourth-order valence-corrected chi connectivity index (χ4v) is 4.52. The van der Waals surface area contributed by atoms with Crippen molar-refractivity contribution in [2.45, 2.75) is 12.8 Å². The Bertz CT molecular complexity index is 1150. The number of amides is 1. The van der Waals surface area contributed by atoms with Crippen molar-refractivity contribution in [2.24, 2.45) is 5.92 Å². The number of carbonyl (C=O) groups excluding carboxylic acids is 1. The molecule has 2 aromatic carbocycles. The molecule has 0 bridgehead atoms. The molecule has 5 rings (SSSR count). The number of fused-ring (bicyclic) bond motifs is 1. The average Bonchev–Trinajstić information content (AvgIpc) is 2.84. The third-order valence-corrected chi connectivity index (χ3v) is 6.18. The Morgan fingerprint density at radius 2 is 1.91 bits per heavy atom. The first-order valence-corrected chi connectivity index (χ1v) is 11.0. The zero-order valence-electron chi connectivity index (χ0n) is 17.7. The molecule has 0 saturated carbocycles. The first kappa shape index (κ1) is 20.6. The summed E-state index contributed by atoms with van der Waals surface area (Å²) >= 11 is 0. The minimum atomic E-state index is -0.365. The van der Waals surface area contributed by atoms with Crippen LogP contribution in [0.15, 0.2) is 42.5 Å². The molecule has 8 heteroatoms. The van der Waals surface area contributed by atoms with E-state index in [-0.39, 0.29) is 23.4 Å². The van der Waals surface area contributed by atoms with E-state index in [1.807, 2.05) is 11.0 Å². The van der Waals surface area contributed by atoms with Gasteiger partial charge in [0.1, 0.15) is 17.4 Å². The molecular formula is C24H25FN4O3. The Hall–Kier alpha value is -3.26. The number of phenols is 1. The van der Waals surface area contributed by atoms with E-state index < -0.39 is 0 Å². The Morgan fingerprint density at radius 1 is 1.09 bits per heavy atom. The lowest BCUT2D eigenvalue weighted by molar-refractivity contribution is -0.139. The van der Waals surface area contributed by atoms with Crippen molar-refractivity contribution in [3.05, 3.63) is 48.3 Å². The number of nitrogens with zero attached hydrogens (tertiary/aromatic N) is 4. The molecule has 32 heavy (non-hydrogen) atoms. The van der Waals surface area contributed by atoms with Gasteiger partial charge in [0.05, 0.1) is 30.2 Å². The van der Waals surface area contributed by atoms with Gasteiger partial charge in [-0.2, -0.15) is 0 Å². The summed E-state index contributed by atoms with van der Waals surface area (Å²) in [4.78, 5) is 26.4. The predicted octanol–water partition coefficient (Wildman–Crippen LogP) is 3.22. The molecule has 1 unspecified atom stereocenters. The second kappa shape index (κ2) is 8.70. The highest BCUT2D eigenvalue weighted by molar-refractivity contribution is 5.92.